The summed E-state index contributed by atoms with van der Waals surface area (Å²) in [6, 6.07) is 7.95. The lowest BCUT2D eigenvalue weighted by Gasteiger charge is -2.28. The summed E-state index contributed by atoms with van der Waals surface area (Å²) in [4.78, 5) is 4.56. The van der Waals surface area contributed by atoms with Gasteiger partial charge in [-0.25, -0.2) is 0 Å². The standard InChI is InChI=1S/C19H31N3O2.HI/c1-4-20-19(22-16-9-5-14(2)6-10-16)21-13-18(23)15-7-11-17(24-3)12-8-15;/h7-8,11-12,14,16,18,23H,4-6,9-10,13H2,1-3H3,(H2,20,21,22);1H. The fourth-order valence-electron chi connectivity index (χ4n) is 3.03. The van der Waals surface area contributed by atoms with Crippen LogP contribution < -0.4 is 15.4 Å². The molecule has 0 bridgehead atoms. The average Bonchev–Trinajstić information content (AvgIpc) is 2.61. The lowest BCUT2D eigenvalue weighted by atomic mass is 9.87. The Morgan fingerprint density at radius 1 is 1.24 bits per heavy atom. The van der Waals surface area contributed by atoms with E-state index in [1.54, 1.807) is 7.11 Å². The minimum absolute atomic E-state index is 0. The number of nitrogens with one attached hydrogen (secondary N) is 2. The molecule has 1 unspecified atom stereocenters. The van der Waals surface area contributed by atoms with Gasteiger partial charge in [-0.15, -0.1) is 24.0 Å². The van der Waals surface area contributed by atoms with E-state index < -0.39 is 6.10 Å². The molecular formula is C19H32IN3O2. The van der Waals surface area contributed by atoms with Crippen LogP contribution in [0, 0.1) is 5.92 Å². The number of rotatable bonds is 6. The quantitative estimate of drug-likeness (QED) is 0.345. The van der Waals surface area contributed by atoms with Crippen molar-refractivity contribution in [3.63, 3.8) is 0 Å². The van der Waals surface area contributed by atoms with Crippen molar-refractivity contribution in [2.45, 2.75) is 51.7 Å². The average molecular weight is 461 g/mol. The summed E-state index contributed by atoms with van der Waals surface area (Å²) < 4.78 is 5.14. The number of hydrogen-bond donors (Lipinski definition) is 3. The number of benzene rings is 1. The lowest BCUT2D eigenvalue weighted by molar-refractivity contribution is 0.187. The summed E-state index contributed by atoms with van der Waals surface area (Å²) in [6.07, 6.45) is 4.30. The van der Waals surface area contributed by atoms with Crippen molar-refractivity contribution < 1.29 is 9.84 Å². The first-order valence-corrected chi connectivity index (χ1v) is 8.99. The predicted molar refractivity (Wildman–Crippen MR) is 114 cm³/mol. The van der Waals surface area contributed by atoms with Crippen LogP contribution in [0.1, 0.15) is 51.2 Å². The highest BCUT2D eigenvalue weighted by molar-refractivity contribution is 14.0. The molecule has 1 atom stereocenters. The second-order valence-corrected chi connectivity index (χ2v) is 6.61. The minimum Gasteiger partial charge on any atom is -0.497 e. The molecule has 0 spiro atoms. The van der Waals surface area contributed by atoms with Gasteiger partial charge in [0.05, 0.1) is 19.8 Å². The van der Waals surface area contributed by atoms with E-state index in [9.17, 15) is 5.11 Å². The molecule has 0 saturated heterocycles. The van der Waals surface area contributed by atoms with E-state index in [0.29, 0.717) is 12.6 Å². The number of halogens is 1. The van der Waals surface area contributed by atoms with E-state index >= 15 is 0 Å². The fourth-order valence-corrected chi connectivity index (χ4v) is 3.03. The van der Waals surface area contributed by atoms with Crippen LogP contribution in [0.2, 0.25) is 0 Å². The number of methoxy groups -OCH3 is 1. The Labute approximate surface area is 168 Å². The third-order valence-corrected chi connectivity index (χ3v) is 4.62. The fraction of sp³-hybridized carbons (Fsp3) is 0.632. The lowest BCUT2D eigenvalue weighted by Crippen LogP contribution is -2.45. The molecule has 1 saturated carbocycles. The zero-order valence-corrected chi connectivity index (χ0v) is 17.8. The van der Waals surface area contributed by atoms with Crippen molar-refractivity contribution in [3.8, 4) is 5.75 Å². The maximum Gasteiger partial charge on any atom is 0.191 e. The van der Waals surface area contributed by atoms with Gasteiger partial charge in [0.25, 0.3) is 0 Å². The maximum atomic E-state index is 10.3. The SMILES string of the molecule is CCNC(=NCC(O)c1ccc(OC)cc1)NC1CCC(C)CC1.I. The molecule has 0 amide bonds. The largest absolute Gasteiger partial charge is 0.497 e. The van der Waals surface area contributed by atoms with Crippen molar-refractivity contribution in [1.29, 1.82) is 0 Å². The van der Waals surface area contributed by atoms with E-state index in [0.717, 1.165) is 29.7 Å². The third kappa shape index (κ3) is 7.40. The highest BCUT2D eigenvalue weighted by Gasteiger charge is 2.19. The first-order valence-electron chi connectivity index (χ1n) is 8.99. The summed E-state index contributed by atoms with van der Waals surface area (Å²) in [5.41, 5.74) is 0.849. The van der Waals surface area contributed by atoms with E-state index in [-0.39, 0.29) is 24.0 Å². The number of nitrogens with zero attached hydrogens (tertiary/aromatic N) is 1. The molecule has 0 heterocycles. The van der Waals surface area contributed by atoms with E-state index in [1.165, 1.54) is 25.7 Å². The summed E-state index contributed by atoms with van der Waals surface area (Å²) in [6.45, 7) is 5.53. The van der Waals surface area contributed by atoms with Gasteiger partial charge in [0.15, 0.2) is 5.96 Å². The zero-order valence-electron chi connectivity index (χ0n) is 15.5. The Kier molecular flexibility index (Phi) is 10.2. The van der Waals surface area contributed by atoms with Crippen LogP contribution in [0.4, 0.5) is 0 Å². The van der Waals surface area contributed by atoms with Crippen LogP contribution in [0.25, 0.3) is 0 Å². The molecule has 1 aliphatic carbocycles. The van der Waals surface area contributed by atoms with Gasteiger partial charge >= 0.3 is 0 Å². The summed E-state index contributed by atoms with van der Waals surface area (Å²) in [7, 11) is 1.64. The van der Waals surface area contributed by atoms with Crippen LogP contribution in [0.5, 0.6) is 5.75 Å². The van der Waals surface area contributed by atoms with Crippen molar-refractivity contribution in [1.82, 2.24) is 10.6 Å². The smallest absolute Gasteiger partial charge is 0.191 e. The van der Waals surface area contributed by atoms with E-state index in [4.69, 9.17) is 4.74 Å². The molecule has 142 valence electrons. The van der Waals surface area contributed by atoms with Crippen LogP contribution in [-0.2, 0) is 0 Å². The Morgan fingerprint density at radius 3 is 2.44 bits per heavy atom. The molecule has 1 fully saturated rings. The Balaban J connectivity index is 0.00000312. The summed E-state index contributed by atoms with van der Waals surface area (Å²) >= 11 is 0. The molecule has 0 radical (unpaired) electrons. The van der Waals surface area contributed by atoms with Gasteiger partial charge in [0, 0.05) is 12.6 Å². The summed E-state index contributed by atoms with van der Waals surface area (Å²) in [5.74, 6) is 2.42. The molecule has 1 aromatic rings. The molecule has 1 aliphatic rings. The van der Waals surface area contributed by atoms with Crippen molar-refractivity contribution >= 4 is 29.9 Å². The monoisotopic (exact) mass is 461 g/mol. The summed E-state index contributed by atoms with van der Waals surface area (Å²) in [5, 5.41) is 17.1. The molecule has 0 aromatic heterocycles. The molecule has 1 aromatic carbocycles. The van der Waals surface area contributed by atoms with E-state index in [2.05, 4.69) is 29.5 Å². The zero-order chi connectivity index (χ0) is 17.4. The Hall–Kier alpha value is -1.02. The van der Waals surface area contributed by atoms with E-state index in [1.807, 2.05) is 24.3 Å². The van der Waals surface area contributed by atoms with Gasteiger partial charge in [0.2, 0.25) is 0 Å². The number of hydrogen-bond acceptors (Lipinski definition) is 3. The van der Waals surface area contributed by atoms with Crippen LogP contribution in [0.3, 0.4) is 0 Å². The highest BCUT2D eigenvalue weighted by Crippen LogP contribution is 2.23. The highest BCUT2D eigenvalue weighted by atomic mass is 127. The van der Waals surface area contributed by atoms with Gasteiger partial charge in [-0.05, 0) is 56.2 Å². The molecule has 25 heavy (non-hydrogen) atoms. The first-order chi connectivity index (χ1) is 11.6. The first kappa shape index (κ1) is 22.0. The molecule has 3 N–H and O–H groups in total. The van der Waals surface area contributed by atoms with Crippen molar-refractivity contribution in [2.75, 3.05) is 20.2 Å². The second-order valence-electron chi connectivity index (χ2n) is 6.61. The van der Waals surface area contributed by atoms with Crippen molar-refractivity contribution in [2.24, 2.45) is 10.9 Å². The molecule has 0 aliphatic heterocycles. The topological polar surface area (TPSA) is 65.9 Å². The number of aliphatic hydroxyl groups excluding tert-OH is 1. The van der Waals surface area contributed by atoms with Gasteiger partial charge in [-0.2, -0.15) is 0 Å². The van der Waals surface area contributed by atoms with Gasteiger partial charge in [-0.1, -0.05) is 19.1 Å². The van der Waals surface area contributed by atoms with Crippen LogP contribution in [-0.4, -0.2) is 37.3 Å². The predicted octanol–water partition coefficient (Wildman–Crippen LogP) is 3.48. The number of ether oxygens (including phenoxy) is 1. The molecule has 6 heteroatoms. The van der Waals surface area contributed by atoms with Crippen molar-refractivity contribution in [3.05, 3.63) is 29.8 Å². The van der Waals surface area contributed by atoms with Crippen LogP contribution >= 0.6 is 24.0 Å². The Bertz CT molecular complexity index is 514. The van der Waals surface area contributed by atoms with Gasteiger partial charge in [-0.3, -0.25) is 4.99 Å². The van der Waals surface area contributed by atoms with Crippen LogP contribution in [0.15, 0.2) is 29.3 Å². The molecule has 2 rings (SSSR count). The third-order valence-electron chi connectivity index (χ3n) is 4.62. The number of aliphatic hydroxyl groups is 1. The van der Waals surface area contributed by atoms with Gasteiger partial charge < -0.3 is 20.5 Å². The Morgan fingerprint density at radius 2 is 1.88 bits per heavy atom. The van der Waals surface area contributed by atoms with Gasteiger partial charge in [0.1, 0.15) is 5.75 Å². The minimum atomic E-state index is -0.613. The number of aliphatic imine (C=N–C) groups is 1. The maximum absolute atomic E-state index is 10.3. The normalized spacial score (nSPS) is 21.8. The molecular weight excluding hydrogens is 429 g/mol. The molecule has 5 nitrogen and oxygen atoms in total. The second kappa shape index (κ2) is 11.6. The number of guanidine groups is 1.